The fraction of sp³-hybridized carbons (Fsp3) is 0.167. The molecule has 0 aliphatic carbocycles. The number of rotatable bonds is 7. The van der Waals surface area contributed by atoms with Crippen LogP contribution in [-0.2, 0) is 13.1 Å². The second-order valence-corrected chi connectivity index (χ2v) is 8.69. The Bertz CT molecular complexity index is 1570. The lowest BCUT2D eigenvalue weighted by Gasteiger charge is -2.05. The lowest BCUT2D eigenvalue weighted by molar-refractivity contribution is 0.102. The van der Waals surface area contributed by atoms with Crippen LogP contribution in [0.25, 0.3) is 17.0 Å². The van der Waals surface area contributed by atoms with Crippen LogP contribution in [0.5, 0.6) is 0 Å². The Morgan fingerprint density at radius 3 is 2.39 bits per heavy atom. The molecule has 0 fully saturated rings. The summed E-state index contributed by atoms with van der Waals surface area (Å²) in [4.78, 5) is 30.4. The number of benzene rings is 1. The van der Waals surface area contributed by atoms with Gasteiger partial charge >= 0.3 is 0 Å². The van der Waals surface area contributed by atoms with Gasteiger partial charge in [-0.1, -0.05) is 18.2 Å². The van der Waals surface area contributed by atoms with E-state index in [1.807, 2.05) is 38.2 Å². The Balaban J connectivity index is 1.44. The predicted octanol–water partition coefficient (Wildman–Crippen LogP) is 4.10. The van der Waals surface area contributed by atoms with Crippen LogP contribution in [0.4, 0.5) is 11.4 Å². The first-order chi connectivity index (χ1) is 17.5. The van der Waals surface area contributed by atoms with E-state index < -0.39 is 11.8 Å². The number of carbonyl (C=O) groups is 2. The van der Waals surface area contributed by atoms with Gasteiger partial charge in [-0.2, -0.15) is 15.3 Å². The standard InChI is InChI=1S/C24H22BrN9O2/c1-3-32-13-16(25)21(30-32)19-10-11-26-20-12-17(29-34(19)20)23(35)28-18-14-33(4-2)31-22(18)24(36)27-15-8-6-5-7-9-15/h5-14H,3-4H2,1-2H3,(H,27,36)(H,28,35). The van der Waals surface area contributed by atoms with Crippen LogP contribution in [0.1, 0.15) is 34.8 Å². The molecule has 5 aromatic rings. The molecule has 2 amide bonds. The van der Waals surface area contributed by atoms with Gasteiger partial charge in [-0.3, -0.25) is 19.0 Å². The maximum Gasteiger partial charge on any atom is 0.278 e. The minimum absolute atomic E-state index is 0.102. The highest BCUT2D eigenvalue weighted by atomic mass is 79.9. The number of amides is 2. The number of fused-ring (bicyclic) bond motifs is 1. The van der Waals surface area contributed by atoms with Crippen molar-refractivity contribution in [1.29, 1.82) is 0 Å². The van der Waals surface area contributed by atoms with Gasteiger partial charge in [0.1, 0.15) is 5.69 Å². The van der Waals surface area contributed by atoms with Gasteiger partial charge in [0, 0.05) is 43.4 Å². The Hall–Kier alpha value is -4.32. The highest BCUT2D eigenvalue weighted by molar-refractivity contribution is 9.10. The zero-order valence-corrected chi connectivity index (χ0v) is 21.1. The average molecular weight is 548 g/mol. The number of hydrogen-bond donors (Lipinski definition) is 2. The van der Waals surface area contributed by atoms with E-state index in [-0.39, 0.29) is 17.1 Å². The molecule has 2 N–H and O–H groups in total. The second-order valence-electron chi connectivity index (χ2n) is 7.83. The third-order valence-corrected chi connectivity index (χ3v) is 6.04. The van der Waals surface area contributed by atoms with Crippen molar-refractivity contribution in [3.05, 3.63) is 76.9 Å². The number of aryl methyl sites for hydroxylation is 2. The van der Waals surface area contributed by atoms with Gasteiger partial charge in [-0.05, 0) is 48.0 Å². The van der Waals surface area contributed by atoms with E-state index in [1.54, 1.807) is 50.5 Å². The number of halogens is 1. The van der Waals surface area contributed by atoms with Crippen LogP contribution in [0, 0.1) is 0 Å². The van der Waals surface area contributed by atoms with E-state index in [0.717, 1.165) is 4.47 Å². The topological polar surface area (TPSA) is 124 Å². The normalized spacial score (nSPS) is 11.1. The number of aromatic nitrogens is 7. The summed E-state index contributed by atoms with van der Waals surface area (Å²) in [6.45, 7) is 5.13. The number of nitrogens with one attached hydrogen (secondary N) is 2. The maximum absolute atomic E-state index is 13.2. The summed E-state index contributed by atoms with van der Waals surface area (Å²) < 4.78 is 5.76. The molecule has 12 heteroatoms. The van der Waals surface area contributed by atoms with Crippen LogP contribution in [0.15, 0.2) is 65.5 Å². The van der Waals surface area contributed by atoms with Crippen molar-refractivity contribution >= 4 is 44.8 Å². The Morgan fingerprint density at radius 1 is 0.917 bits per heavy atom. The first kappa shape index (κ1) is 23.4. The molecular weight excluding hydrogens is 526 g/mol. The monoisotopic (exact) mass is 547 g/mol. The summed E-state index contributed by atoms with van der Waals surface area (Å²) in [7, 11) is 0. The first-order valence-electron chi connectivity index (χ1n) is 11.3. The Kier molecular flexibility index (Phi) is 6.34. The van der Waals surface area contributed by atoms with Gasteiger partial charge in [0.2, 0.25) is 0 Å². The molecular formula is C24H22BrN9O2. The summed E-state index contributed by atoms with van der Waals surface area (Å²) in [5.74, 6) is -0.923. The third kappa shape index (κ3) is 4.50. The average Bonchev–Trinajstić information content (AvgIpc) is 3.60. The quantitative estimate of drug-likeness (QED) is 0.316. The second kappa shape index (κ2) is 9.74. The van der Waals surface area contributed by atoms with Gasteiger partial charge in [-0.25, -0.2) is 9.50 Å². The van der Waals surface area contributed by atoms with Crippen LogP contribution in [0.3, 0.4) is 0 Å². The van der Waals surface area contributed by atoms with Crippen molar-refractivity contribution in [1.82, 2.24) is 34.2 Å². The highest BCUT2D eigenvalue weighted by Gasteiger charge is 2.22. The smallest absolute Gasteiger partial charge is 0.278 e. The van der Waals surface area contributed by atoms with E-state index in [9.17, 15) is 9.59 Å². The minimum atomic E-state index is -0.492. The summed E-state index contributed by atoms with van der Waals surface area (Å²) in [6.07, 6.45) is 5.14. The van der Waals surface area contributed by atoms with Gasteiger partial charge < -0.3 is 10.6 Å². The highest BCUT2D eigenvalue weighted by Crippen LogP contribution is 2.27. The zero-order chi connectivity index (χ0) is 25.2. The van der Waals surface area contributed by atoms with E-state index >= 15 is 0 Å². The number of para-hydroxylation sites is 1. The number of carbonyl (C=O) groups excluding carboxylic acids is 2. The molecule has 0 atom stereocenters. The van der Waals surface area contributed by atoms with Gasteiger partial charge in [0.15, 0.2) is 17.0 Å². The number of nitrogens with zero attached hydrogens (tertiary/aromatic N) is 7. The predicted molar refractivity (Wildman–Crippen MR) is 138 cm³/mol. The van der Waals surface area contributed by atoms with E-state index in [4.69, 9.17) is 0 Å². The van der Waals surface area contributed by atoms with Crippen molar-refractivity contribution in [3.8, 4) is 11.4 Å². The summed E-state index contributed by atoms with van der Waals surface area (Å²) in [6, 6.07) is 12.4. The third-order valence-electron chi connectivity index (χ3n) is 5.45. The van der Waals surface area contributed by atoms with E-state index in [1.165, 1.54) is 0 Å². The molecule has 4 aromatic heterocycles. The molecule has 0 radical (unpaired) electrons. The van der Waals surface area contributed by atoms with Crippen LogP contribution in [-0.4, -0.2) is 46.0 Å². The SMILES string of the molecule is CCn1cc(NC(=O)c2cc3nccc(-c4nn(CC)cc4Br)n3n2)c(C(=O)Nc2ccccc2)n1. The fourth-order valence-corrected chi connectivity index (χ4v) is 4.18. The molecule has 1 aromatic carbocycles. The molecule has 0 unspecified atom stereocenters. The van der Waals surface area contributed by atoms with Crippen molar-refractivity contribution in [2.24, 2.45) is 0 Å². The molecule has 0 saturated heterocycles. The largest absolute Gasteiger partial charge is 0.321 e. The molecule has 0 aliphatic heterocycles. The molecule has 0 saturated carbocycles. The molecule has 0 aliphatic rings. The van der Waals surface area contributed by atoms with Crippen molar-refractivity contribution in [3.63, 3.8) is 0 Å². The van der Waals surface area contributed by atoms with Crippen molar-refractivity contribution < 1.29 is 9.59 Å². The van der Waals surface area contributed by atoms with Gasteiger partial charge in [0.25, 0.3) is 11.8 Å². The lowest BCUT2D eigenvalue weighted by atomic mass is 10.3. The van der Waals surface area contributed by atoms with Crippen molar-refractivity contribution in [2.75, 3.05) is 10.6 Å². The van der Waals surface area contributed by atoms with Crippen LogP contribution < -0.4 is 10.6 Å². The van der Waals surface area contributed by atoms with Crippen LogP contribution in [0.2, 0.25) is 0 Å². The molecule has 0 spiro atoms. The molecule has 0 bridgehead atoms. The van der Waals surface area contributed by atoms with Gasteiger partial charge in [0.05, 0.1) is 15.9 Å². The minimum Gasteiger partial charge on any atom is -0.321 e. The van der Waals surface area contributed by atoms with Crippen LogP contribution >= 0.6 is 15.9 Å². The molecule has 36 heavy (non-hydrogen) atoms. The number of anilines is 2. The lowest BCUT2D eigenvalue weighted by Crippen LogP contribution is -2.18. The molecule has 182 valence electrons. The zero-order valence-electron chi connectivity index (χ0n) is 19.5. The molecule has 5 rings (SSSR count). The summed E-state index contributed by atoms with van der Waals surface area (Å²) >= 11 is 3.54. The Labute approximate surface area is 214 Å². The number of hydrogen-bond acceptors (Lipinski definition) is 6. The summed E-state index contributed by atoms with van der Waals surface area (Å²) in [5, 5.41) is 18.9. The summed E-state index contributed by atoms with van der Waals surface area (Å²) in [5.41, 5.74) is 3.00. The van der Waals surface area contributed by atoms with Gasteiger partial charge in [-0.15, -0.1) is 0 Å². The molecule has 4 heterocycles. The Morgan fingerprint density at radius 2 is 1.67 bits per heavy atom. The molecule has 11 nitrogen and oxygen atoms in total. The fourth-order valence-electron chi connectivity index (χ4n) is 3.66. The van der Waals surface area contributed by atoms with E-state index in [0.29, 0.717) is 35.8 Å². The first-order valence-corrected chi connectivity index (χ1v) is 12.1. The van der Waals surface area contributed by atoms with E-state index in [2.05, 4.69) is 46.8 Å². The maximum atomic E-state index is 13.2. The van der Waals surface area contributed by atoms with Crippen molar-refractivity contribution in [2.45, 2.75) is 26.9 Å².